The highest BCUT2D eigenvalue weighted by Gasteiger charge is 2.40. The topological polar surface area (TPSA) is 42.2 Å². The van der Waals surface area contributed by atoms with E-state index in [0.29, 0.717) is 12.0 Å². The predicted molar refractivity (Wildman–Crippen MR) is 214 cm³/mol. The third kappa shape index (κ3) is 4.18. The molecule has 0 spiro atoms. The fourth-order valence-corrected chi connectivity index (χ4v) is 10.3. The molecule has 5 heteroatoms. The highest BCUT2D eigenvalue weighted by atomic mass is 31.1. The summed E-state index contributed by atoms with van der Waals surface area (Å²) in [6, 6.07) is 57.1. The van der Waals surface area contributed by atoms with Crippen LogP contribution in [0.1, 0.15) is 1.37 Å². The molecule has 2 aromatic heterocycles. The van der Waals surface area contributed by atoms with Crippen LogP contribution in [0.15, 0.2) is 174 Å². The molecule has 10 aromatic rings. The van der Waals surface area contributed by atoms with Crippen LogP contribution in [0.25, 0.3) is 76.8 Å². The lowest BCUT2D eigenvalue weighted by Crippen LogP contribution is -2.31. The number of benzene rings is 8. The summed E-state index contributed by atoms with van der Waals surface area (Å²) in [6.07, 6.45) is 0. The van der Waals surface area contributed by atoms with E-state index in [1.807, 2.05) is 30.3 Å². The monoisotopic (exact) mass is 670 g/mol. The van der Waals surface area contributed by atoms with Gasteiger partial charge in [-0.3, -0.25) is 4.67 Å². The number of nitrogens with zero attached hydrogens (tertiary/aromatic N) is 3. The van der Waals surface area contributed by atoms with Gasteiger partial charge in [-0.2, -0.15) is 0 Å². The van der Waals surface area contributed by atoms with Gasteiger partial charge in [-0.1, -0.05) is 158 Å². The smallest absolute Gasteiger partial charge is 0.235 e. The first-order chi connectivity index (χ1) is 25.7. The summed E-state index contributed by atoms with van der Waals surface area (Å²) in [6.45, 7) is 0. The summed E-state index contributed by atoms with van der Waals surface area (Å²) < 4.78 is 19.0. The van der Waals surface area contributed by atoms with Crippen LogP contribution in [0.3, 0.4) is 0 Å². The van der Waals surface area contributed by atoms with Crippen molar-refractivity contribution in [1.82, 2.24) is 9.97 Å². The van der Waals surface area contributed by atoms with Crippen molar-refractivity contribution >= 4 is 84.7 Å². The minimum atomic E-state index is -1.43. The Balaban J connectivity index is 1.40. The van der Waals surface area contributed by atoms with Crippen molar-refractivity contribution in [1.29, 1.82) is 0 Å². The number of anilines is 2. The molecule has 1 aliphatic rings. The van der Waals surface area contributed by atoms with Crippen LogP contribution in [0.2, 0.25) is 0 Å². The number of hydrogen-bond donors (Lipinski definition) is 0. The third-order valence-corrected chi connectivity index (χ3v) is 12.4. The Morgan fingerprint density at radius 1 is 0.549 bits per heavy atom. The van der Waals surface area contributed by atoms with Gasteiger partial charge in [0.1, 0.15) is 11.2 Å². The maximum absolute atomic E-state index is 9.81. The van der Waals surface area contributed by atoms with E-state index in [2.05, 4.69) is 138 Å². The number of para-hydroxylation sites is 2. The molecule has 51 heavy (non-hydrogen) atoms. The minimum Gasteiger partial charge on any atom is -0.455 e. The van der Waals surface area contributed by atoms with E-state index in [0.717, 1.165) is 93.1 Å². The molecule has 1 atom stereocenters. The van der Waals surface area contributed by atoms with E-state index in [-0.39, 0.29) is 0 Å². The normalized spacial score (nSPS) is 14.3. The maximum atomic E-state index is 9.81. The summed E-state index contributed by atoms with van der Waals surface area (Å²) >= 11 is 0. The van der Waals surface area contributed by atoms with Crippen LogP contribution >= 0.6 is 8.07 Å². The zero-order valence-corrected chi connectivity index (χ0v) is 28.2. The quantitative estimate of drug-likeness (QED) is 0.176. The molecule has 0 saturated carbocycles. The number of fused-ring (bicyclic) bond motifs is 13. The standard InChI is InChI=1S/C46H28N3OP/c1-3-16-30(17-4-1)43-35-23-11-13-25-37(35)47-46(48-43)49-44-41(33-21-9-10-22-34(33)45-42(44)36-24-12-14-26-38(36)50-45)40-32-20-8-7-15-29(32)27-28-39(40)51(49)31-18-5-2-6-19-31/h1-28H/i28D. The van der Waals surface area contributed by atoms with Gasteiger partial charge in [0.2, 0.25) is 5.95 Å². The Morgan fingerprint density at radius 2 is 1.20 bits per heavy atom. The SMILES string of the molecule is [2H]c1cc2ccccc2c2c1P(c1ccccc1)N(c1nc(-c3ccccc3)c3ccccc3n1)c1c-2c2ccccc2c2oc3ccccc3c12. The van der Waals surface area contributed by atoms with Crippen molar-refractivity contribution in [3.8, 4) is 22.4 Å². The molecule has 238 valence electrons. The summed E-state index contributed by atoms with van der Waals surface area (Å²) in [5, 5.41) is 9.42. The van der Waals surface area contributed by atoms with Gasteiger partial charge in [0.25, 0.3) is 0 Å². The van der Waals surface area contributed by atoms with Crippen LogP contribution in [0, 0.1) is 0 Å². The lowest BCUT2D eigenvalue weighted by atomic mass is 9.89. The van der Waals surface area contributed by atoms with Crippen LogP contribution in [0.5, 0.6) is 0 Å². The Kier molecular flexibility index (Phi) is 5.97. The van der Waals surface area contributed by atoms with Crippen LogP contribution in [-0.2, 0) is 0 Å². The minimum absolute atomic E-state index is 0.504. The molecule has 1 unspecified atom stereocenters. The lowest BCUT2D eigenvalue weighted by molar-refractivity contribution is 0.673. The second-order valence-electron chi connectivity index (χ2n) is 12.9. The van der Waals surface area contributed by atoms with Crippen LogP contribution < -0.4 is 15.3 Å². The lowest BCUT2D eigenvalue weighted by Gasteiger charge is -2.40. The molecule has 0 aliphatic carbocycles. The summed E-state index contributed by atoms with van der Waals surface area (Å²) in [4.78, 5) is 10.9. The molecule has 11 rings (SSSR count). The number of hydrogen-bond acceptors (Lipinski definition) is 4. The zero-order chi connectivity index (χ0) is 34.3. The van der Waals surface area contributed by atoms with E-state index in [4.69, 9.17) is 14.4 Å². The molecule has 0 N–H and O–H groups in total. The van der Waals surface area contributed by atoms with Gasteiger partial charge in [0.15, 0.2) is 0 Å². The third-order valence-electron chi connectivity index (χ3n) is 10.0. The average Bonchev–Trinajstić information content (AvgIpc) is 3.60. The van der Waals surface area contributed by atoms with Crippen molar-refractivity contribution in [2.75, 3.05) is 4.67 Å². The first-order valence-corrected chi connectivity index (χ1v) is 18.4. The van der Waals surface area contributed by atoms with Crippen molar-refractivity contribution in [2.24, 2.45) is 0 Å². The number of aromatic nitrogens is 2. The summed E-state index contributed by atoms with van der Waals surface area (Å²) in [5.74, 6) is 0.592. The average molecular weight is 671 g/mol. The summed E-state index contributed by atoms with van der Waals surface area (Å²) in [7, 11) is -1.43. The fraction of sp³-hybridized carbons (Fsp3) is 0. The molecule has 0 fully saturated rings. The number of rotatable bonds is 3. The molecule has 8 aromatic carbocycles. The highest BCUT2D eigenvalue weighted by Crippen LogP contribution is 2.61. The van der Waals surface area contributed by atoms with Gasteiger partial charge < -0.3 is 4.42 Å². The Bertz CT molecular complexity index is 3050. The van der Waals surface area contributed by atoms with E-state index in [1.54, 1.807) is 0 Å². The van der Waals surface area contributed by atoms with E-state index in [9.17, 15) is 1.37 Å². The van der Waals surface area contributed by atoms with Gasteiger partial charge in [0, 0.05) is 43.5 Å². The zero-order valence-electron chi connectivity index (χ0n) is 28.3. The van der Waals surface area contributed by atoms with Crippen LogP contribution in [0.4, 0.5) is 11.6 Å². The van der Waals surface area contributed by atoms with Gasteiger partial charge >= 0.3 is 0 Å². The van der Waals surface area contributed by atoms with Crippen molar-refractivity contribution in [3.05, 3.63) is 170 Å². The predicted octanol–water partition coefficient (Wildman–Crippen LogP) is 11.7. The fourth-order valence-electron chi connectivity index (χ4n) is 7.88. The van der Waals surface area contributed by atoms with Gasteiger partial charge in [-0.25, -0.2) is 9.97 Å². The van der Waals surface area contributed by atoms with E-state index in [1.165, 1.54) is 0 Å². The Labute approximate surface area is 296 Å². The molecule has 0 bridgehead atoms. The first-order valence-electron chi connectivity index (χ1n) is 17.6. The molecular formula is C46H28N3OP. The second kappa shape index (κ2) is 11.1. The molecule has 3 heterocycles. The molecule has 4 nitrogen and oxygen atoms in total. The largest absolute Gasteiger partial charge is 0.455 e. The number of furan rings is 1. The van der Waals surface area contributed by atoms with E-state index >= 15 is 0 Å². The van der Waals surface area contributed by atoms with Crippen LogP contribution in [-0.4, -0.2) is 9.97 Å². The highest BCUT2D eigenvalue weighted by molar-refractivity contribution is 7.75. The molecule has 0 saturated heterocycles. The van der Waals surface area contributed by atoms with Gasteiger partial charge in [0.05, 0.1) is 31.7 Å². The van der Waals surface area contributed by atoms with Crippen molar-refractivity contribution in [3.63, 3.8) is 0 Å². The summed E-state index contributed by atoms with van der Waals surface area (Å²) in [5.41, 5.74) is 7.59. The van der Waals surface area contributed by atoms with Gasteiger partial charge in [-0.15, -0.1) is 0 Å². The van der Waals surface area contributed by atoms with E-state index < -0.39 is 8.07 Å². The Morgan fingerprint density at radius 3 is 2.02 bits per heavy atom. The molecule has 0 amide bonds. The molecular weight excluding hydrogens is 642 g/mol. The molecule has 1 aliphatic heterocycles. The second-order valence-corrected chi connectivity index (χ2v) is 14.9. The molecule has 0 radical (unpaired) electrons. The maximum Gasteiger partial charge on any atom is 0.235 e. The van der Waals surface area contributed by atoms with Crippen molar-refractivity contribution < 1.29 is 5.79 Å². The first kappa shape index (κ1) is 27.5. The Hall–Kier alpha value is -6.35. The van der Waals surface area contributed by atoms with Gasteiger partial charge in [-0.05, 0) is 28.3 Å². The van der Waals surface area contributed by atoms with Crippen molar-refractivity contribution in [2.45, 2.75) is 0 Å².